The summed E-state index contributed by atoms with van der Waals surface area (Å²) in [6, 6.07) is 5.59. The van der Waals surface area contributed by atoms with Crippen LogP contribution < -0.4 is 10.6 Å². The van der Waals surface area contributed by atoms with Crippen LogP contribution >= 0.6 is 0 Å². The Morgan fingerprint density at radius 3 is 2.93 bits per heavy atom. The Morgan fingerprint density at radius 1 is 1.53 bits per heavy atom. The van der Waals surface area contributed by atoms with Gasteiger partial charge in [0.15, 0.2) is 0 Å². The molecule has 0 unspecified atom stereocenters. The van der Waals surface area contributed by atoms with Gasteiger partial charge in [-0.1, -0.05) is 6.92 Å². The van der Waals surface area contributed by atoms with Crippen molar-refractivity contribution in [2.24, 2.45) is 0 Å². The third kappa shape index (κ3) is 1.75. The first-order valence-corrected chi connectivity index (χ1v) is 5.05. The summed E-state index contributed by atoms with van der Waals surface area (Å²) in [6.07, 6.45) is 0.582. The minimum atomic E-state index is -0.269. The fourth-order valence-corrected chi connectivity index (χ4v) is 1.76. The topological polar surface area (TPSA) is 55.6 Å². The lowest BCUT2D eigenvalue weighted by atomic mass is 10.1. The summed E-state index contributed by atoms with van der Waals surface area (Å²) in [7, 11) is 0. The minimum absolute atomic E-state index is 0.269. The van der Waals surface area contributed by atoms with Crippen molar-refractivity contribution >= 4 is 17.5 Å². The molecule has 4 heteroatoms. The van der Waals surface area contributed by atoms with E-state index in [0.29, 0.717) is 13.2 Å². The van der Waals surface area contributed by atoms with Crippen LogP contribution in [0.1, 0.15) is 12.5 Å². The van der Waals surface area contributed by atoms with Gasteiger partial charge in [-0.15, -0.1) is 0 Å². The molecule has 0 saturated carbocycles. The molecule has 2 rings (SSSR count). The van der Waals surface area contributed by atoms with E-state index in [4.69, 9.17) is 10.5 Å². The lowest BCUT2D eigenvalue weighted by molar-refractivity contribution is 0.181. The molecule has 1 heterocycles. The van der Waals surface area contributed by atoms with E-state index in [1.165, 1.54) is 0 Å². The minimum Gasteiger partial charge on any atom is -0.447 e. The van der Waals surface area contributed by atoms with E-state index in [-0.39, 0.29) is 6.09 Å². The Morgan fingerprint density at radius 2 is 2.33 bits per heavy atom. The largest absolute Gasteiger partial charge is 0.447 e. The second-order valence-electron chi connectivity index (χ2n) is 3.51. The SMILES string of the molecule is CCc1cc(N)ccc1N1CCOC1=O. The summed E-state index contributed by atoms with van der Waals surface area (Å²) >= 11 is 0. The summed E-state index contributed by atoms with van der Waals surface area (Å²) in [5, 5.41) is 0. The summed E-state index contributed by atoms with van der Waals surface area (Å²) < 4.78 is 4.91. The maximum absolute atomic E-state index is 11.4. The third-order valence-corrected chi connectivity index (χ3v) is 2.54. The van der Waals surface area contributed by atoms with Crippen LogP contribution in [0.25, 0.3) is 0 Å². The Bertz CT molecular complexity index is 390. The average molecular weight is 206 g/mol. The second kappa shape index (κ2) is 3.81. The van der Waals surface area contributed by atoms with Gasteiger partial charge < -0.3 is 10.5 Å². The first-order valence-electron chi connectivity index (χ1n) is 5.05. The number of nitrogen functional groups attached to an aromatic ring is 1. The number of aryl methyl sites for hydroxylation is 1. The molecule has 1 amide bonds. The molecule has 15 heavy (non-hydrogen) atoms. The van der Waals surface area contributed by atoms with Gasteiger partial charge in [-0.3, -0.25) is 4.90 Å². The predicted molar refractivity (Wildman–Crippen MR) is 58.9 cm³/mol. The van der Waals surface area contributed by atoms with Crippen LogP contribution in [0.3, 0.4) is 0 Å². The van der Waals surface area contributed by atoms with E-state index in [2.05, 4.69) is 0 Å². The first-order chi connectivity index (χ1) is 7.22. The van der Waals surface area contributed by atoms with Gasteiger partial charge >= 0.3 is 6.09 Å². The van der Waals surface area contributed by atoms with Crippen molar-refractivity contribution in [1.82, 2.24) is 0 Å². The molecule has 1 fully saturated rings. The molecule has 0 aliphatic carbocycles. The molecule has 1 aliphatic rings. The van der Waals surface area contributed by atoms with E-state index < -0.39 is 0 Å². The molecule has 0 spiro atoms. The second-order valence-corrected chi connectivity index (χ2v) is 3.51. The number of nitrogens with zero attached hydrogens (tertiary/aromatic N) is 1. The quantitative estimate of drug-likeness (QED) is 0.750. The number of nitrogens with two attached hydrogens (primary N) is 1. The molecule has 0 atom stereocenters. The van der Waals surface area contributed by atoms with Gasteiger partial charge in [-0.2, -0.15) is 0 Å². The average Bonchev–Trinajstić information content (AvgIpc) is 2.64. The molecule has 1 saturated heterocycles. The summed E-state index contributed by atoms with van der Waals surface area (Å²) in [5.41, 5.74) is 8.42. The third-order valence-electron chi connectivity index (χ3n) is 2.54. The van der Waals surface area contributed by atoms with E-state index >= 15 is 0 Å². The first kappa shape index (κ1) is 9.83. The molecule has 4 nitrogen and oxygen atoms in total. The zero-order valence-corrected chi connectivity index (χ0v) is 8.69. The zero-order chi connectivity index (χ0) is 10.8. The smallest absolute Gasteiger partial charge is 0.414 e. The van der Waals surface area contributed by atoms with Crippen LogP contribution in [0.2, 0.25) is 0 Å². The summed E-state index contributed by atoms with van der Waals surface area (Å²) in [5.74, 6) is 0. The fourth-order valence-electron chi connectivity index (χ4n) is 1.76. The van der Waals surface area contributed by atoms with Crippen molar-refractivity contribution in [1.29, 1.82) is 0 Å². The van der Waals surface area contributed by atoms with Gasteiger partial charge in [0.2, 0.25) is 0 Å². The maximum atomic E-state index is 11.4. The molecular weight excluding hydrogens is 192 g/mol. The Kier molecular flexibility index (Phi) is 2.49. The number of rotatable bonds is 2. The Hall–Kier alpha value is -1.71. The van der Waals surface area contributed by atoms with Crippen molar-refractivity contribution in [3.8, 4) is 0 Å². The van der Waals surface area contributed by atoms with Crippen molar-refractivity contribution in [3.63, 3.8) is 0 Å². The van der Waals surface area contributed by atoms with Gasteiger partial charge in [0, 0.05) is 5.69 Å². The van der Waals surface area contributed by atoms with E-state index in [9.17, 15) is 4.79 Å². The number of ether oxygens (including phenoxy) is 1. The molecule has 1 aromatic rings. The fraction of sp³-hybridized carbons (Fsp3) is 0.364. The van der Waals surface area contributed by atoms with Gasteiger partial charge in [0.25, 0.3) is 0 Å². The van der Waals surface area contributed by atoms with E-state index in [1.807, 2.05) is 19.1 Å². The summed E-state index contributed by atoms with van der Waals surface area (Å²) in [6.45, 7) is 3.13. The predicted octanol–water partition coefficient (Wildman–Crippen LogP) is 1.79. The molecule has 0 radical (unpaired) electrons. The standard InChI is InChI=1S/C11H14N2O2/c1-2-8-7-9(12)3-4-10(8)13-5-6-15-11(13)14/h3-4,7H,2,5-6,12H2,1H3. The number of hydrogen-bond donors (Lipinski definition) is 1. The number of carbonyl (C=O) groups is 1. The number of benzene rings is 1. The molecule has 1 aromatic carbocycles. The highest BCUT2D eigenvalue weighted by Crippen LogP contribution is 2.25. The van der Waals surface area contributed by atoms with E-state index in [1.54, 1.807) is 11.0 Å². The lowest BCUT2D eigenvalue weighted by Gasteiger charge is -2.16. The van der Waals surface area contributed by atoms with Crippen LogP contribution in [-0.4, -0.2) is 19.2 Å². The monoisotopic (exact) mass is 206 g/mol. The highest BCUT2D eigenvalue weighted by Gasteiger charge is 2.25. The molecule has 80 valence electrons. The lowest BCUT2D eigenvalue weighted by Crippen LogP contribution is -2.24. The molecule has 2 N–H and O–H groups in total. The molecule has 0 bridgehead atoms. The number of cyclic esters (lactones) is 1. The van der Waals surface area contributed by atoms with Crippen LogP contribution in [-0.2, 0) is 11.2 Å². The van der Waals surface area contributed by atoms with Crippen molar-refractivity contribution < 1.29 is 9.53 Å². The van der Waals surface area contributed by atoms with Gasteiger partial charge in [-0.25, -0.2) is 4.79 Å². The molecule has 1 aliphatic heterocycles. The maximum Gasteiger partial charge on any atom is 0.414 e. The number of hydrogen-bond acceptors (Lipinski definition) is 3. The zero-order valence-electron chi connectivity index (χ0n) is 8.69. The van der Waals surface area contributed by atoms with Crippen LogP contribution in [0.5, 0.6) is 0 Å². The normalized spacial score (nSPS) is 15.5. The van der Waals surface area contributed by atoms with Crippen LogP contribution in [0.4, 0.5) is 16.2 Å². The van der Waals surface area contributed by atoms with Gasteiger partial charge in [-0.05, 0) is 30.2 Å². The Balaban J connectivity index is 2.38. The van der Waals surface area contributed by atoms with Crippen LogP contribution in [0.15, 0.2) is 18.2 Å². The number of anilines is 2. The number of carbonyl (C=O) groups excluding carboxylic acids is 1. The molecular formula is C11H14N2O2. The number of amides is 1. The van der Waals surface area contributed by atoms with Gasteiger partial charge in [0.05, 0.1) is 12.2 Å². The highest BCUT2D eigenvalue weighted by atomic mass is 16.6. The van der Waals surface area contributed by atoms with E-state index in [0.717, 1.165) is 23.4 Å². The summed E-state index contributed by atoms with van der Waals surface area (Å²) in [4.78, 5) is 13.1. The van der Waals surface area contributed by atoms with Crippen LogP contribution in [0, 0.1) is 0 Å². The van der Waals surface area contributed by atoms with Crippen molar-refractivity contribution in [3.05, 3.63) is 23.8 Å². The molecule has 0 aromatic heterocycles. The van der Waals surface area contributed by atoms with Crippen molar-refractivity contribution in [2.45, 2.75) is 13.3 Å². The highest BCUT2D eigenvalue weighted by molar-refractivity contribution is 5.90. The van der Waals surface area contributed by atoms with Gasteiger partial charge in [0.1, 0.15) is 6.61 Å². The Labute approximate surface area is 88.6 Å². The van der Waals surface area contributed by atoms with Crippen molar-refractivity contribution in [2.75, 3.05) is 23.8 Å².